The van der Waals surface area contributed by atoms with Gasteiger partial charge in [0.25, 0.3) is 0 Å². The van der Waals surface area contributed by atoms with Gasteiger partial charge >= 0.3 is 0 Å². The molecule has 2 aromatic carbocycles. The highest BCUT2D eigenvalue weighted by Crippen LogP contribution is 2.21. The van der Waals surface area contributed by atoms with Crippen molar-refractivity contribution in [2.75, 3.05) is 0 Å². The minimum absolute atomic E-state index is 0.167. The maximum absolute atomic E-state index is 9.20. The van der Waals surface area contributed by atoms with E-state index in [2.05, 4.69) is 6.07 Å². The molecule has 0 radical (unpaired) electrons. The highest BCUT2D eigenvalue weighted by Gasteiger charge is 2.01. The monoisotopic (exact) mass is 237 g/mol. The molecule has 3 heteroatoms. The van der Waals surface area contributed by atoms with Crippen LogP contribution in [0.1, 0.15) is 11.1 Å². The second kappa shape index (κ2) is 5.07. The molecule has 0 bridgehead atoms. The molecule has 0 amide bonds. The van der Waals surface area contributed by atoms with E-state index in [1.165, 1.54) is 12.1 Å². The van der Waals surface area contributed by atoms with Crippen LogP contribution in [0.3, 0.4) is 0 Å². The third-order valence-corrected chi connectivity index (χ3v) is 2.50. The van der Waals surface area contributed by atoms with Crippen LogP contribution in [0.25, 0.3) is 11.6 Å². The maximum atomic E-state index is 9.20. The van der Waals surface area contributed by atoms with Crippen molar-refractivity contribution < 1.29 is 10.2 Å². The summed E-state index contributed by atoms with van der Waals surface area (Å²) in [6.07, 6.45) is 1.73. The van der Waals surface area contributed by atoms with E-state index in [1.807, 2.05) is 0 Å². The highest BCUT2D eigenvalue weighted by molar-refractivity contribution is 5.89. The zero-order valence-corrected chi connectivity index (χ0v) is 9.54. The van der Waals surface area contributed by atoms with Gasteiger partial charge in [-0.05, 0) is 53.6 Å². The number of phenols is 2. The normalized spacial score (nSPS) is 10.9. The molecule has 0 saturated carbocycles. The minimum Gasteiger partial charge on any atom is -0.508 e. The molecule has 0 unspecified atom stereocenters. The van der Waals surface area contributed by atoms with Gasteiger partial charge < -0.3 is 10.2 Å². The summed E-state index contributed by atoms with van der Waals surface area (Å²) in [6.45, 7) is 0. The van der Waals surface area contributed by atoms with Crippen molar-refractivity contribution in [2.24, 2.45) is 0 Å². The first-order chi connectivity index (χ1) is 8.69. The zero-order chi connectivity index (χ0) is 13.0. The Balaban J connectivity index is 2.37. The molecule has 0 aliphatic rings. The number of nitrogens with zero attached hydrogens (tertiary/aromatic N) is 1. The lowest BCUT2D eigenvalue weighted by Crippen LogP contribution is -1.81. The van der Waals surface area contributed by atoms with Gasteiger partial charge in [0.2, 0.25) is 0 Å². The number of phenolic OH excluding ortho intramolecular Hbond substituents is 2. The predicted molar refractivity (Wildman–Crippen MR) is 69.7 cm³/mol. The van der Waals surface area contributed by atoms with E-state index in [-0.39, 0.29) is 11.5 Å². The molecule has 0 heterocycles. The van der Waals surface area contributed by atoms with Crippen molar-refractivity contribution in [1.29, 1.82) is 5.26 Å². The number of rotatable bonds is 2. The number of aromatic hydroxyl groups is 2. The van der Waals surface area contributed by atoms with Gasteiger partial charge in [0, 0.05) is 0 Å². The molecule has 3 nitrogen and oxygen atoms in total. The molecular formula is C15H11NO2. The van der Waals surface area contributed by atoms with Crippen LogP contribution in [0.4, 0.5) is 0 Å². The number of allylic oxidation sites excluding steroid dienone is 1. The van der Waals surface area contributed by atoms with Crippen molar-refractivity contribution in [3.8, 4) is 17.6 Å². The number of hydrogen-bond acceptors (Lipinski definition) is 3. The summed E-state index contributed by atoms with van der Waals surface area (Å²) in [6, 6.07) is 15.2. The van der Waals surface area contributed by atoms with Crippen molar-refractivity contribution in [1.82, 2.24) is 0 Å². The van der Waals surface area contributed by atoms with E-state index >= 15 is 0 Å². The first kappa shape index (κ1) is 11.7. The number of benzene rings is 2. The fraction of sp³-hybridized carbons (Fsp3) is 0. The van der Waals surface area contributed by atoms with Gasteiger partial charge in [-0.15, -0.1) is 0 Å². The van der Waals surface area contributed by atoms with Gasteiger partial charge in [-0.2, -0.15) is 5.26 Å². The maximum Gasteiger partial charge on any atom is 0.115 e. The van der Waals surface area contributed by atoms with Crippen LogP contribution in [0.2, 0.25) is 0 Å². The Hall–Kier alpha value is -2.73. The van der Waals surface area contributed by atoms with E-state index < -0.39 is 0 Å². The standard InChI is InChI=1S/C15H11NO2/c16-10-13(12-3-7-15(18)8-4-12)9-11-1-5-14(17)6-2-11/h1-9,17-18H/b13-9-. The molecule has 0 saturated heterocycles. The Bertz CT molecular complexity index is 604. The molecule has 2 N–H and O–H groups in total. The predicted octanol–water partition coefficient (Wildman–Crippen LogP) is 3.16. The van der Waals surface area contributed by atoms with Gasteiger partial charge in [-0.3, -0.25) is 0 Å². The van der Waals surface area contributed by atoms with E-state index in [4.69, 9.17) is 5.26 Å². The summed E-state index contributed by atoms with van der Waals surface area (Å²) in [5.74, 6) is 0.357. The third kappa shape index (κ3) is 2.69. The molecule has 0 aliphatic carbocycles. The average molecular weight is 237 g/mol. The molecule has 2 aromatic rings. The lowest BCUT2D eigenvalue weighted by atomic mass is 10.0. The average Bonchev–Trinajstić information content (AvgIpc) is 2.39. The van der Waals surface area contributed by atoms with Crippen molar-refractivity contribution in [2.45, 2.75) is 0 Å². The smallest absolute Gasteiger partial charge is 0.115 e. The van der Waals surface area contributed by atoms with Gasteiger partial charge in [-0.25, -0.2) is 0 Å². The molecule has 88 valence electrons. The highest BCUT2D eigenvalue weighted by atomic mass is 16.3. The van der Waals surface area contributed by atoms with Crippen molar-refractivity contribution in [3.05, 3.63) is 59.7 Å². The van der Waals surface area contributed by atoms with Crippen LogP contribution in [-0.2, 0) is 0 Å². The van der Waals surface area contributed by atoms with Gasteiger partial charge in [0.1, 0.15) is 11.5 Å². The Kier molecular flexibility index (Phi) is 3.31. The fourth-order valence-corrected chi connectivity index (χ4v) is 1.56. The molecule has 18 heavy (non-hydrogen) atoms. The summed E-state index contributed by atoms with van der Waals surface area (Å²) in [7, 11) is 0. The molecule has 0 atom stereocenters. The van der Waals surface area contributed by atoms with E-state index in [0.29, 0.717) is 5.57 Å². The Labute approximate surface area is 105 Å². The largest absolute Gasteiger partial charge is 0.508 e. The number of nitriles is 1. The van der Waals surface area contributed by atoms with E-state index in [1.54, 1.807) is 42.5 Å². The fourth-order valence-electron chi connectivity index (χ4n) is 1.56. The zero-order valence-electron chi connectivity index (χ0n) is 9.54. The lowest BCUT2D eigenvalue weighted by molar-refractivity contribution is 0.474. The SMILES string of the molecule is N#C/C(=C/c1ccc(O)cc1)c1ccc(O)cc1. The van der Waals surface area contributed by atoms with Crippen LogP contribution in [0.15, 0.2) is 48.5 Å². The molecule has 0 fully saturated rings. The Morgan fingerprint density at radius 3 is 1.89 bits per heavy atom. The number of hydrogen-bond donors (Lipinski definition) is 2. The van der Waals surface area contributed by atoms with Crippen LogP contribution in [0, 0.1) is 11.3 Å². The summed E-state index contributed by atoms with van der Waals surface area (Å²) < 4.78 is 0. The van der Waals surface area contributed by atoms with Crippen LogP contribution in [-0.4, -0.2) is 10.2 Å². The molecule has 0 aliphatic heterocycles. The van der Waals surface area contributed by atoms with Crippen LogP contribution < -0.4 is 0 Å². The summed E-state index contributed by atoms with van der Waals surface area (Å²) >= 11 is 0. The molecule has 0 spiro atoms. The van der Waals surface area contributed by atoms with Crippen molar-refractivity contribution >= 4 is 11.6 Å². The third-order valence-electron chi connectivity index (χ3n) is 2.50. The van der Waals surface area contributed by atoms with E-state index in [0.717, 1.165) is 11.1 Å². The Morgan fingerprint density at radius 2 is 1.39 bits per heavy atom. The summed E-state index contributed by atoms with van der Waals surface area (Å²) in [5.41, 5.74) is 2.07. The quantitative estimate of drug-likeness (QED) is 0.622. The Morgan fingerprint density at radius 1 is 0.889 bits per heavy atom. The van der Waals surface area contributed by atoms with Crippen LogP contribution in [0.5, 0.6) is 11.5 Å². The topological polar surface area (TPSA) is 64.2 Å². The van der Waals surface area contributed by atoms with E-state index in [9.17, 15) is 10.2 Å². The van der Waals surface area contributed by atoms with Gasteiger partial charge in [0.15, 0.2) is 0 Å². The summed E-state index contributed by atoms with van der Waals surface area (Å²) in [4.78, 5) is 0. The van der Waals surface area contributed by atoms with Gasteiger partial charge in [-0.1, -0.05) is 12.1 Å². The minimum atomic E-state index is 0.167. The van der Waals surface area contributed by atoms with Crippen LogP contribution >= 0.6 is 0 Å². The first-order valence-electron chi connectivity index (χ1n) is 5.39. The molecular weight excluding hydrogens is 226 g/mol. The second-order valence-electron chi connectivity index (χ2n) is 3.81. The summed E-state index contributed by atoms with van der Waals surface area (Å²) in [5, 5.41) is 27.5. The van der Waals surface area contributed by atoms with Gasteiger partial charge in [0.05, 0.1) is 11.6 Å². The molecule has 0 aromatic heterocycles. The second-order valence-corrected chi connectivity index (χ2v) is 3.81. The molecule has 2 rings (SSSR count). The lowest BCUT2D eigenvalue weighted by Gasteiger charge is -2.00. The first-order valence-corrected chi connectivity index (χ1v) is 5.39. The van der Waals surface area contributed by atoms with Crippen molar-refractivity contribution in [3.63, 3.8) is 0 Å².